The van der Waals surface area contributed by atoms with Gasteiger partial charge in [0.15, 0.2) is 24.0 Å². The second-order valence-corrected chi connectivity index (χ2v) is 6.62. The Hall–Kier alpha value is -1.60. The molecule has 2 saturated heterocycles. The molecule has 1 aromatic rings. The van der Waals surface area contributed by atoms with E-state index < -0.39 is 30.4 Å². The van der Waals surface area contributed by atoms with Crippen LogP contribution in [0.25, 0.3) is 0 Å². The van der Waals surface area contributed by atoms with Gasteiger partial charge in [0.1, 0.15) is 11.9 Å². The van der Waals surface area contributed by atoms with Gasteiger partial charge in [0.2, 0.25) is 0 Å². The molecule has 2 fully saturated rings. The number of hydrogen-bond acceptors (Lipinski definition) is 6. The molecule has 2 aliphatic heterocycles. The van der Waals surface area contributed by atoms with Crippen molar-refractivity contribution in [1.29, 1.82) is 0 Å². The Morgan fingerprint density at radius 2 is 1.96 bits per heavy atom. The second kappa shape index (κ2) is 6.72. The lowest BCUT2D eigenvalue weighted by atomic mass is 10.0. The van der Waals surface area contributed by atoms with Crippen molar-refractivity contribution in [2.75, 3.05) is 0 Å². The Bertz CT molecular complexity index is 611. The number of carbonyl (C=O) groups excluding carboxylic acids is 2. The zero-order chi connectivity index (χ0) is 17.3. The molecular formula is C18H22O6. The second-order valence-electron chi connectivity index (χ2n) is 6.62. The normalized spacial score (nSPS) is 29.5. The highest BCUT2D eigenvalue weighted by Gasteiger charge is 2.56. The fourth-order valence-electron chi connectivity index (χ4n) is 2.98. The van der Waals surface area contributed by atoms with Crippen LogP contribution in [-0.2, 0) is 35.1 Å². The molecule has 6 heteroatoms. The number of ketones is 2. The fourth-order valence-corrected chi connectivity index (χ4v) is 2.98. The smallest absolute Gasteiger partial charge is 0.198 e. The number of ether oxygens (including phenoxy) is 4. The van der Waals surface area contributed by atoms with Crippen molar-refractivity contribution in [3.05, 3.63) is 35.9 Å². The van der Waals surface area contributed by atoms with Crippen LogP contribution >= 0.6 is 0 Å². The Labute approximate surface area is 141 Å². The first-order valence-corrected chi connectivity index (χ1v) is 8.05. The molecule has 0 amide bonds. The quantitative estimate of drug-likeness (QED) is 0.792. The molecule has 0 aliphatic carbocycles. The van der Waals surface area contributed by atoms with Crippen molar-refractivity contribution in [3.63, 3.8) is 0 Å². The van der Waals surface area contributed by atoms with E-state index in [1.807, 2.05) is 30.3 Å². The van der Waals surface area contributed by atoms with Gasteiger partial charge in [0, 0.05) is 6.42 Å². The molecule has 1 aromatic carbocycles. The van der Waals surface area contributed by atoms with Crippen LogP contribution < -0.4 is 0 Å². The van der Waals surface area contributed by atoms with Gasteiger partial charge in [0.25, 0.3) is 0 Å². The summed E-state index contributed by atoms with van der Waals surface area (Å²) in [5.74, 6) is -1.15. The maximum Gasteiger partial charge on any atom is 0.198 e. The van der Waals surface area contributed by atoms with Gasteiger partial charge in [-0.15, -0.1) is 0 Å². The summed E-state index contributed by atoms with van der Waals surface area (Å²) in [5.41, 5.74) is 0.963. The topological polar surface area (TPSA) is 71.1 Å². The summed E-state index contributed by atoms with van der Waals surface area (Å²) >= 11 is 0. The van der Waals surface area contributed by atoms with Gasteiger partial charge in [0.05, 0.1) is 12.7 Å². The Morgan fingerprint density at radius 1 is 1.25 bits per heavy atom. The summed E-state index contributed by atoms with van der Waals surface area (Å²) in [6.45, 7) is 5.23. The summed E-state index contributed by atoms with van der Waals surface area (Å²) in [7, 11) is 0. The molecular weight excluding hydrogens is 312 g/mol. The largest absolute Gasteiger partial charge is 0.370 e. The van der Waals surface area contributed by atoms with Gasteiger partial charge in [-0.2, -0.15) is 0 Å². The molecule has 2 aliphatic rings. The third-order valence-electron chi connectivity index (χ3n) is 4.03. The van der Waals surface area contributed by atoms with Crippen molar-refractivity contribution in [2.24, 2.45) is 0 Å². The predicted octanol–water partition coefficient (Wildman–Crippen LogP) is 2.00. The highest BCUT2D eigenvalue weighted by molar-refractivity contribution is 5.91. The van der Waals surface area contributed by atoms with E-state index in [0.29, 0.717) is 6.61 Å². The minimum atomic E-state index is -0.858. The summed E-state index contributed by atoms with van der Waals surface area (Å²) in [4.78, 5) is 24.2. The maximum absolute atomic E-state index is 12.6. The highest BCUT2D eigenvalue weighted by atomic mass is 16.8. The van der Waals surface area contributed by atoms with Crippen molar-refractivity contribution in [2.45, 2.75) is 64.2 Å². The molecule has 130 valence electrons. The van der Waals surface area contributed by atoms with Crippen LogP contribution in [0.3, 0.4) is 0 Å². The summed E-state index contributed by atoms with van der Waals surface area (Å²) in [6.07, 6.45) is -2.92. The fraction of sp³-hybridized carbons (Fsp3) is 0.556. The first-order chi connectivity index (χ1) is 11.4. The van der Waals surface area contributed by atoms with E-state index in [1.165, 1.54) is 6.92 Å². The van der Waals surface area contributed by atoms with E-state index >= 15 is 0 Å². The number of carbonyl (C=O) groups is 2. The van der Waals surface area contributed by atoms with E-state index in [-0.39, 0.29) is 18.0 Å². The molecule has 0 bridgehead atoms. The molecule has 0 N–H and O–H groups in total. The van der Waals surface area contributed by atoms with Crippen LogP contribution in [0.1, 0.15) is 32.8 Å². The van der Waals surface area contributed by atoms with Crippen LogP contribution in [0.15, 0.2) is 30.3 Å². The van der Waals surface area contributed by atoms with Crippen LogP contribution in [0.5, 0.6) is 0 Å². The maximum atomic E-state index is 12.6. The first kappa shape index (κ1) is 17.2. The zero-order valence-electron chi connectivity index (χ0n) is 14.1. The number of hydrogen-bond donors (Lipinski definition) is 0. The zero-order valence-corrected chi connectivity index (χ0v) is 14.1. The number of benzene rings is 1. The van der Waals surface area contributed by atoms with Crippen LogP contribution in [0.2, 0.25) is 0 Å². The van der Waals surface area contributed by atoms with E-state index in [1.54, 1.807) is 13.8 Å². The Balaban J connectivity index is 1.68. The lowest BCUT2D eigenvalue weighted by Gasteiger charge is -2.25. The van der Waals surface area contributed by atoms with Crippen LogP contribution in [0, 0.1) is 0 Å². The molecule has 4 atom stereocenters. The number of fused-ring (bicyclic) bond motifs is 1. The minimum Gasteiger partial charge on any atom is -0.370 e. The first-order valence-electron chi connectivity index (χ1n) is 8.05. The van der Waals surface area contributed by atoms with E-state index in [0.717, 1.165) is 5.56 Å². The van der Waals surface area contributed by atoms with Gasteiger partial charge in [-0.3, -0.25) is 9.59 Å². The van der Waals surface area contributed by atoms with Crippen LogP contribution in [-0.4, -0.2) is 42.0 Å². The molecule has 24 heavy (non-hydrogen) atoms. The highest BCUT2D eigenvalue weighted by Crippen LogP contribution is 2.37. The minimum absolute atomic E-state index is 0.0660. The SMILES string of the molecule is CC(=O)CC(OCc1ccccc1)C1OC2OC(C)(C)OC2C1=O. The van der Waals surface area contributed by atoms with Gasteiger partial charge >= 0.3 is 0 Å². The average Bonchev–Trinajstić information content (AvgIpc) is 2.98. The predicted molar refractivity (Wildman–Crippen MR) is 84.0 cm³/mol. The van der Waals surface area contributed by atoms with Gasteiger partial charge in [-0.25, -0.2) is 0 Å². The van der Waals surface area contributed by atoms with Gasteiger partial charge < -0.3 is 18.9 Å². The summed E-state index contributed by atoms with van der Waals surface area (Å²) < 4.78 is 22.7. The lowest BCUT2D eigenvalue weighted by Crippen LogP contribution is -2.39. The molecule has 0 saturated carbocycles. The van der Waals surface area contributed by atoms with E-state index in [4.69, 9.17) is 18.9 Å². The van der Waals surface area contributed by atoms with Crippen molar-refractivity contribution in [3.8, 4) is 0 Å². The van der Waals surface area contributed by atoms with Gasteiger partial charge in [-0.1, -0.05) is 30.3 Å². The third-order valence-corrected chi connectivity index (χ3v) is 4.03. The van der Waals surface area contributed by atoms with E-state index in [2.05, 4.69) is 0 Å². The molecule has 6 nitrogen and oxygen atoms in total. The number of rotatable bonds is 6. The van der Waals surface area contributed by atoms with Crippen molar-refractivity contribution in [1.82, 2.24) is 0 Å². The molecule has 0 aromatic heterocycles. The summed E-state index contributed by atoms with van der Waals surface area (Å²) in [5, 5.41) is 0. The average molecular weight is 334 g/mol. The van der Waals surface area contributed by atoms with Crippen molar-refractivity contribution >= 4 is 11.6 Å². The van der Waals surface area contributed by atoms with Crippen LogP contribution in [0.4, 0.5) is 0 Å². The summed E-state index contributed by atoms with van der Waals surface area (Å²) in [6, 6.07) is 9.57. The monoisotopic (exact) mass is 334 g/mol. The third kappa shape index (κ3) is 3.72. The van der Waals surface area contributed by atoms with E-state index in [9.17, 15) is 9.59 Å². The molecule has 0 radical (unpaired) electrons. The molecule has 3 rings (SSSR count). The standard InChI is InChI=1S/C18H22O6/c1-11(19)9-13(21-10-12-7-5-4-6-8-12)15-14(20)16-17(22-15)24-18(2,3)23-16/h4-8,13,15-17H,9-10H2,1-3H3. The Morgan fingerprint density at radius 3 is 2.58 bits per heavy atom. The molecule has 0 spiro atoms. The molecule has 2 heterocycles. The lowest BCUT2D eigenvalue weighted by molar-refractivity contribution is -0.216. The number of Topliss-reactive ketones (excluding diaryl/α,β-unsaturated/α-hetero) is 2. The Kier molecular flexibility index (Phi) is 4.83. The van der Waals surface area contributed by atoms with Gasteiger partial charge in [-0.05, 0) is 26.3 Å². The molecule has 4 unspecified atom stereocenters. The van der Waals surface area contributed by atoms with Crippen molar-refractivity contribution < 1.29 is 28.5 Å².